The molecular weight excluding hydrogens is 474 g/mol. The van der Waals surface area contributed by atoms with Gasteiger partial charge in [-0.25, -0.2) is 4.98 Å². The lowest BCUT2D eigenvalue weighted by atomic mass is 10.0. The fourth-order valence-corrected chi connectivity index (χ4v) is 5.83. The highest BCUT2D eigenvalue weighted by Crippen LogP contribution is 2.34. The number of benzene rings is 2. The topological polar surface area (TPSA) is 73.7 Å². The Morgan fingerprint density at radius 2 is 1.88 bits per heavy atom. The summed E-state index contributed by atoms with van der Waals surface area (Å²) in [6, 6.07) is 14.4. The third kappa shape index (κ3) is 4.47. The van der Waals surface area contributed by atoms with Crippen LogP contribution < -0.4 is 5.56 Å². The molecule has 2 saturated heterocycles. The molecule has 7 nitrogen and oxygen atoms in total. The molecule has 2 aliphatic rings. The van der Waals surface area contributed by atoms with Crippen LogP contribution in [0.1, 0.15) is 26.2 Å². The quantitative estimate of drug-likeness (QED) is 0.385. The standard InChI is InChI=1S/C25H26ClN3O4S/c1-2-21(23(31)28-12-10-25(11-13-28)32-14-15-33-25)34-24-27-20-9-4-3-8-19(20)22(30)29(24)18-7-5-6-17(26)16-18/h3-9,16,21H,2,10-15H2,1H3. The van der Waals surface area contributed by atoms with E-state index in [2.05, 4.69) is 0 Å². The van der Waals surface area contributed by atoms with Gasteiger partial charge < -0.3 is 14.4 Å². The summed E-state index contributed by atoms with van der Waals surface area (Å²) in [5.41, 5.74) is 1.04. The maximum absolute atomic E-state index is 13.5. The Bertz CT molecular complexity index is 1260. The summed E-state index contributed by atoms with van der Waals surface area (Å²) in [6.45, 7) is 4.36. The number of aromatic nitrogens is 2. The molecular formula is C25H26ClN3O4S. The van der Waals surface area contributed by atoms with Crippen LogP contribution in [0.2, 0.25) is 5.02 Å². The van der Waals surface area contributed by atoms with E-state index in [1.165, 1.54) is 11.8 Å². The number of fused-ring (bicyclic) bond motifs is 1. The lowest BCUT2D eigenvalue weighted by molar-refractivity contribution is -0.187. The number of carbonyl (C=O) groups is 1. The van der Waals surface area contributed by atoms with Crippen molar-refractivity contribution in [3.05, 3.63) is 63.9 Å². The smallest absolute Gasteiger partial charge is 0.266 e. The van der Waals surface area contributed by atoms with Crippen molar-refractivity contribution < 1.29 is 14.3 Å². The van der Waals surface area contributed by atoms with Gasteiger partial charge in [0.15, 0.2) is 10.9 Å². The zero-order valence-corrected chi connectivity index (χ0v) is 20.5. The maximum atomic E-state index is 13.5. The minimum absolute atomic E-state index is 0.0420. The Morgan fingerprint density at radius 3 is 2.59 bits per heavy atom. The van der Waals surface area contributed by atoms with Crippen molar-refractivity contribution in [2.45, 2.75) is 42.4 Å². The van der Waals surface area contributed by atoms with E-state index in [0.717, 1.165) is 0 Å². The molecule has 0 saturated carbocycles. The fraction of sp³-hybridized carbons (Fsp3) is 0.400. The molecule has 34 heavy (non-hydrogen) atoms. The number of rotatable bonds is 5. The zero-order valence-electron chi connectivity index (χ0n) is 18.9. The molecule has 1 amide bonds. The molecule has 2 aromatic carbocycles. The number of piperidine rings is 1. The summed E-state index contributed by atoms with van der Waals surface area (Å²) >= 11 is 7.56. The van der Waals surface area contributed by atoms with Crippen LogP contribution in [0.3, 0.4) is 0 Å². The number of hydrogen-bond donors (Lipinski definition) is 0. The van der Waals surface area contributed by atoms with Gasteiger partial charge in [0, 0.05) is 31.0 Å². The number of halogens is 1. The summed E-state index contributed by atoms with van der Waals surface area (Å²) in [7, 11) is 0. The molecule has 0 radical (unpaired) electrons. The molecule has 3 heterocycles. The average Bonchev–Trinajstić information content (AvgIpc) is 3.30. The van der Waals surface area contributed by atoms with E-state index in [1.807, 2.05) is 36.1 Å². The first kappa shape index (κ1) is 23.4. The first-order chi connectivity index (χ1) is 16.5. The SMILES string of the molecule is CCC(Sc1nc2ccccc2c(=O)n1-c1cccc(Cl)c1)C(=O)N1CCC2(CC1)OCCO2. The molecule has 1 aromatic heterocycles. The number of para-hydroxylation sites is 1. The third-order valence-corrected chi connectivity index (χ3v) is 7.89. The predicted octanol–water partition coefficient (Wildman–Crippen LogP) is 4.28. The first-order valence-corrected chi connectivity index (χ1v) is 12.8. The number of nitrogens with zero attached hydrogens (tertiary/aromatic N) is 3. The summed E-state index contributed by atoms with van der Waals surface area (Å²) in [5.74, 6) is -0.487. The van der Waals surface area contributed by atoms with Crippen LogP contribution in [-0.2, 0) is 14.3 Å². The Morgan fingerprint density at radius 1 is 1.15 bits per heavy atom. The van der Waals surface area contributed by atoms with Gasteiger partial charge in [-0.05, 0) is 36.8 Å². The normalized spacial score (nSPS) is 18.5. The highest BCUT2D eigenvalue weighted by Gasteiger charge is 2.41. The average molecular weight is 500 g/mol. The number of ether oxygens (including phenoxy) is 2. The number of amides is 1. The molecule has 2 fully saturated rings. The van der Waals surface area contributed by atoms with E-state index in [9.17, 15) is 9.59 Å². The van der Waals surface area contributed by atoms with Crippen molar-refractivity contribution in [2.75, 3.05) is 26.3 Å². The van der Waals surface area contributed by atoms with Crippen LogP contribution in [0.15, 0.2) is 58.5 Å². The predicted molar refractivity (Wildman–Crippen MR) is 133 cm³/mol. The van der Waals surface area contributed by atoms with E-state index >= 15 is 0 Å². The Kier molecular flexibility index (Phi) is 6.66. The number of likely N-dealkylation sites (tertiary alicyclic amines) is 1. The lowest BCUT2D eigenvalue weighted by Gasteiger charge is -2.38. The summed E-state index contributed by atoms with van der Waals surface area (Å²) in [5, 5.41) is 1.14. The van der Waals surface area contributed by atoms with Gasteiger partial charge in [0.25, 0.3) is 5.56 Å². The van der Waals surface area contributed by atoms with Crippen molar-refractivity contribution in [3.8, 4) is 5.69 Å². The Balaban J connectivity index is 1.46. The van der Waals surface area contributed by atoms with E-state index < -0.39 is 5.79 Å². The fourth-order valence-electron chi connectivity index (χ4n) is 4.53. The molecule has 9 heteroatoms. The van der Waals surface area contributed by atoms with Crippen molar-refractivity contribution >= 4 is 40.2 Å². The van der Waals surface area contributed by atoms with Gasteiger partial charge in [-0.15, -0.1) is 0 Å². The highest BCUT2D eigenvalue weighted by atomic mass is 35.5. The molecule has 5 rings (SSSR count). The van der Waals surface area contributed by atoms with Crippen LogP contribution in [0.5, 0.6) is 0 Å². The van der Waals surface area contributed by atoms with Crippen LogP contribution in [-0.4, -0.2) is 57.7 Å². The van der Waals surface area contributed by atoms with E-state index in [0.29, 0.717) is 72.3 Å². The second-order valence-corrected chi connectivity index (χ2v) is 10.1. The van der Waals surface area contributed by atoms with Crippen LogP contribution in [0, 0.1) is 0 Å². The van der Waals surface area contributed by atoms with Gasteiger partial charge in [0.05, 0.1) is 35.1 Å². The third-order valence-electron chi connectivity index (χ3n) is 6.36. The molecule has 1 spiro atoms. The second kappa shape index (κ2) is 9.70. The highest BCUT2D eigenvalue weighted by molar-refractivity contribution is 8.00. The van der Waals surface area contributed by atoms with Crippen molar-refractivity contribution in [1.29, 1.82) is 0 Å². The van der Waals surface area contributed by atoms with Gasteiger partial charge >= 0.3 is 0 Å². The molecule has 0 bridgehead atoms. The van der Waals surface area contributed by atoms with Crippen LogP contribution >= 0.6 is 23.4 Å². The second-order valence-electron chi connectivity index (χ2n) is 8.48. The number of hydrogen-bond acceptors (Lipinski definition) is 6. The Labute approximate surface area is 207 Å². The van der Waals surface area contributed by atoms with Gasteiger partial charge in [0.1, 0.15) is 0 Å². The molecule has 0 aliphatic carbocycles. The summed E-state index contributed by atoms with van der Waals surface area (Å²) in [6.07, 6.45) is 1.94. The van der Waals surface area contributed by atoms with E-state index in [-0.39, 0.29) is 16.7 Å². The van der Waals surface area contributed by atoms with Crippen molar-refractivity contribution in [3.63, 3.8) is 0 Å². The van der Waals surface area contributed by atoms with Gasteiger partial charge in [0.2, 0.25) is 5.91 Å². The van der Waals surface area contributed by atoms with Gasteiger partial charge in [-0.2, -0.15) is 0 Å². The monoisotopic (exact) mass is 499 g/mol. The molecule has 3 aromatic rings. The molecule has 1 unspecified atom stereocenters. The van der Waals surface area contributed by atoms with E-state index in [4.69, 9.17) is 26.1 Å². The van der Waals surface area contributed by atoms with Gasteiger partial charge in [-0.3, -0.25) is 14.2 Å². The van der Waals surface area contributed by atoms with Crippen LogP contribution in [0.4, 0.5) is 0 Å². The van der Waals surface area contributed by atoms with Crippen LogP contribution in [0.25, 0.3) is 16.6 Å². The summed E-state index contributed by atoms with van der Waals surface area (Å²) in [4.78, 5) is 33.6. The minimum atomic E-state index is -0.529. The Hall–Kier alpha value is -2.39. The number of carbonyl (C=O) groups excluding carboxylic acids is 1. The van der Waals surface area contributed by atoms with Crippen molar-refractivity contribution in [2.24, 2.45) is 0 Å². The molecule has 2 aliphatic heterocycles. The minimum Gasteiger partial charge on any atom is -0.347 e. The first-order valence-electron chi connectivity index (χ1n) is 11.5. The summed E-state index contributed by atoms with van der Waals surface area (Å²) < 4.78 is 13.1. The maximum Gasteiger partial charge on any atom is 0.266 e. The lowest BCUT2D eigenvalue weighted by Crippen LogP contribution is -2.49. The van der Waals surface area contributed by atoms with E-state index in [1.54, 1.807) is 28.8 Å². The number of thioether (sulfide) groups is 1. The molecule has 1 atom stereocenters. The molecule has 0 N–H and O–H groups in total. The van der Waals surface area contributed by atoms with Gasteiger partial charge in [-0.1, -0.05) is 48.5 Å². The molecule has 178 valence electrons. The largest absolute Gasteiger partial charge is 0.347 e. The van der Waals surface area contributed by atoms with Crippen molar-refractivity contribution in [1.82, 2.24) is 14.5 Å². The zero-order chi connectivity index (χ0) is 23.7.